The molecule has 2 aliphatic heterocycles. The van der Waals surface area contributed by atoms with E-state index in [0.717, 1.165) is 5.69 Å². The van der Waals surface area contributed by atoms with E-state index in [1.807, 2.05) is 30.3 Å². The van der Waals surface area contributed by atoms with Crippen molar-refractivity contribution in [2.45, 2.75) is 6.23 Å². The van der Waals surface area contributed by atoms with Gasteiger partial charge in [-0.1, -0.05) is 18.2 Å². The van der Waals surface area contributed by atoms with Gasteiger partial charge >= 0.3 is 6.09 Å². The van der Waals surface area contributed by atoms with E-state index in [2.05, 4.69) is 0 Å². The number of benzene rings is 1. The monoisotopic (exact) mass is 262 g/mol. The van der Waals surface area contributed by atoms with Crippen molar-refractivity contribution in [1.29, 1.82) is 0 Å². The summed E-state index contributed by atoms with van der Waals surface area (Å²) < 4.78 is 10.3. The Balaban J connectivity index is 1.81. The number of morpholine rings is 1. The van der Waals surface area contributed by atoms with E-state index in [9.17, 15) is 9.59 Å². The lowest BCUT2D eigenvalue weighted by atomic mass is 10.2. The highest BCUT2D eigenvalue weighted by molar-refractivity contribution is 5.98. The molecule has 2 aliphatic rings. The Hall–Kier alpha value is -2.08. The molecule has 0 spiro atoms. The molecule has 2 amide bonds. The summed E-state index contributed by atoms with van der Waals surface area (Å²) in [6, 6.07) is 9.36. The van der Waals surface area contributed by atoms with Crippen LogP contribution in [0.25, 0.3) is 0 Å². The van der Waals surface area contributed by atoms with Crippen LogP contribution in [-0.2, 0) is 14.3 Å². The molecule has 0 aromatic heterocycles. The van der Waals surface area contributed by atoms with Crippen molar-refractivity contribution >= 4 is 17.7 Å². The summed E-state index contributed by atoms with van der Waals surface area (Å²) in [5.74, 6) is -0.226. The Morgan fingerprint density at radius 2 is 1.84 bits per heavy atom. The minimum absolute atomic E-state index is 0.226. The molecule has 6 heteroatoms. The van der Waals surface area contributed by atoms with Crippen LogP contribution in [-0.4, -0.2) is 49.4 Å². The number of ether oxygens (including phenoxy) is 2. The molecular formula is C13H14N2O4. The van der Waals surface area contributed by atoms with Gasteiger partial charge in [-0.05, 0) is 12.1 Å². The van der Waals surface area contributed by atoms with Crippen LogP contribution in [0.15, 0.2) is 30.3 Å². The largest absolute Gasteiger partial charge is 0.447 e. The first kappa shape index (κ1) is 12.0. The zero-order valence-corrected chi connectivity index (χ0v) is 10.3. The minimum atomic E-state index is -0.871. The molecule has 19 heavy (non-hydrogen) atoms. The van der Waals surface area contributed by atoms with Crippen molar-refractivity contribution in [2.75, 3.05) is 31.2 Å². The van der Waals surface area contributed by atoms with E-state index in [0.29, 0.717) is 26.3 Å². The van der Waals surface area contributed by atoms with Gasteiger partial charge < -0.3 is 14.4 Å². The summed E-state index contributed by atoms with van der Waals surface area (Å²) in [7, 11) is 0. The number of anilines is 1. The topological polar surface area (TPSA) is 59.1 Å². The van der Waals surface area contributed by atoms with Crippen molar-refractivity contribution < 1.29 is 19.1 Å². The van der Waals surface area contributed by atoms with Gasteiger partial charge in [-0.15, -0.1) is 0 Å². The molecule has 2 heterocycles. The average molecular weight is 262 g/mol. The maximum atomic E-state index is 12.4. The summed E-state index contributed by atoms with van der Waals surface area (Å²) in [6.45, 7) is 1.58. The number of hydrogen-bond donors (Lipinski definition) is 0. The first-order valence-corrected chi connectivity index (χ1v) is 6.19. The fraction of sp³-hybridized carbons (Fsp3) is 0.385. The average Bonchev–Trinajstić information content (AvgIpc) is 2.86. The summed E-state index contributed by atoms with van der Waals surface area (Å²) >= 11 is 0. The lowest BCUT2D eigenvalue weighted by molar-refractivity contribution is -0.144. The molecule has 1 aromatic carbocycles. The van der Waals surface area contributed by atoms with E-state index in [-0.39, 0.29) is 5.91 Å². The highest BCUT2D eigenvalue weighted by atomic mass is 16.6. The van der Waals surface area contributed by atoms with E-state index < -0.39 is 12.3 Å². The Labute approximate surface area is 110 Å². The van der Waals surface area contributed by atoms with E-state index >= 15 is 0 Å². The standard InChI is InChI=1S/C13H14N2O4/c16-11-12(15-7-9-19-13(15)17)18-8-6-14(11)10-4-2-1-3-5-10/h1-5,12H,6-9H2. The number of rotatable bonds is 2. The Morgan fingerprint density at radius 1 is 1.05 bits per heavy atom. The molecule has 1 aromatic rings. The molecule has 0 N–H and O–H groups in total. The number of para-hydroxylation sites is 1. The Bertz CT molecular complexity index is 491. The lowest BCUT2D eigenvalue weighted by Crippen LogP contribution is -2.55. The van der Waals surface area contributed by atoms with Crippen molar-refractivity contribution in [3.63, 3.8) is 0 Å². The van der Waals surface area contributed by atoms with Gasteiger partial charge in [-0.3, -0.25) is 9.69 Å². The highest BCUT2D eigenvalue weighted by Gasteiger charge is 2.40. The Kier molecular flexibility index (Phi) is 3.08. The van der Waals surface area contributed by atoms with Gasteiger partial charge in [0.1, 0.15) is 6.61 Å². The van der Waals surface area contributed by atoms with Crippen LogP contribution in [0.4, 0.5) is 10.5 Å². The van der Waals surface area contributed by atoms with Gasteiger partial charge in [0.25, 0.3) is 5.91 Å². The summed E-state index contributed by atoms with van der Waals surface area (Å²) in [4.78, 5) is 26.9. The second-order valence-electron chi connectivity index (χ2n) is 4.36. The molecule has 0 aliphatic carbocycles. The summed E-state index contributed by atoms with van der Waals surface area (Å²) in [5, 5.41) is 0. The number of cyclic esters (lactones) is 1. The third kappa shape index (κ3) is 2.15. The van der Waals surface area contributed by atoms with Gasteiger partial charge in [0.15, 0.2) is 0 Å². The van der Waals surface area contributed by atoms with Gasteiger partial charge in [0, 0.05) is 12.2 Å². The molecule has 3 rings (SSSR count). The third-order valence-electron chi connectivity index (χ3n) is 3.21. The summed E-state index contributed by atoms with van der Waals surface area (Å²) in [5.41, 5.74) is 0.813. The molecule has 0 bridgehead atoms. The van der Waals surface area contributed by atoms with Gasteiger partial charge in [-0.25, -0.2) is 4.79 Å². The molecule has 0 saturated carbocycles. The predicted octanol–water partition coefficient (Wildman–Crippen LogP) is 0.828. The van der Waals surface area contributed by atoms with Crippen LogP contribution >= 0.6 is 0 Å². The second-order valence-corrected chi connectivity index (χ2v) is 4.36. The van der Waals surface area contributed by atoms with Gasteiger partial charge in [0.05, 0.1) is 13.2 Å². The molecule has 1 atom stereocenters. The van der Waals surface area contributed by atoms with Crippen LogP contribution in [0.1, 0.15) is 0 Å². The smallest absolute Gasteiger partial charge is 0.412 e. The van der Waals surface area contributed by atoms with Crippen molar-refractivity contribution in [1.82, 2.24) is 4.90 Å². The maximum Gasteiger partial charge on any atom is 0.412 e. The predicted molar refractivity (Wildman–Crippen MR) is 66.6 cm³/mol. The molecule has 2 saturated heterocycles. The molecule has 2 fully saturated rings. The van der Waals surface area contributed by atoms with E-state index in [1.165, 1.54) is 4.90 Å². The van der Waals surface area contributed by atoms with Crippen LogP contribution < -0.4 is 4.90 Å². The van der Waals surface area contributed by atoms with E-state index in [1.54, 1.807) is 4.90 Å². The number of hydrogen-bond acceptors (Lipinski definition) is 4. The molecule has 100 valence electrons. The van der Waals surface area contributed by atoms with Gasteiger partial charge in [-0.2, -0.15) is 0 Å². The van der Waals surface area contributed by atoms with Crippen molar-refractivity contribution in [3.05, 3.63) is 30.3 Å². The zero-order valence-electron chi connectivity index (χ0n) is 10.3. The number of nitrogens with zero attached hydrogens (tertiary/aromatic N) is 2. The fourth-order valence-electron chi connectivity index (χ4n) is 2.28. The fourth-order valence-corrected chi connectivity index (χ4v) is 2.28. The number of carbonyl (C=O) groups excluding carboxylic acids is 2. The molecular weight excluding hydrogens is 248 g/mol. The summed E-state index contributed by atoms with van der Waals surface area (Å²) in [6.07, 6.45) is -1.36. The van der Waals surface area contributed by atoms with Crippen LogP contribution in [0, 0.1) is 0 Å². The zero-order chi connectivity index (χ0) is 13.2. The third-order valence-corrected chi connectivity index (χ3v) is 3.21. The quantitative estimate of drug-likeness (QED) is 0.792. The highest BCUT2D eigenvalue weighted by Crippen LogP contribution is 2.21. The first-order chi connectivity index (χ1) is 9.27. The number of amides is 2. The number of carbonyl (C=O) groups is 2. The Morgan fingerprint density at radius 3 is 2.53 bits per heavy atom. The normalized spacial score (nSPS) is 23.7. The van der Waals surface area contributed by atoms with Crippen LogP contribution in [0.3, 0.4) is 0 Å². The SMILES string of the molecule is O=C1C(N2CCOC2=O)OCCN1c1ccccc1. The second kappa shape index (κ2) is 4.89. The first-order valence-electron chi connectivity index (χ1n) is 6.19. The molecule has 1 unspecified atom stereocenters. The minimum Gasteiger partial charge on any atom is -0.447 e. The van der Waals surface area contributed by atoms with E-state index in [4.69, 9.17) is 9.47 Å². The molecule has 6 nitrogen and oxygen atoms in total. The van der Waals surface area contributed by atoms with Crippen molar-refractivity contribution in [2.24, 2.45) is 0 Å². The van der Waals surface area contributed by atoms with Crippen molar-refractivity contribution in [3.8, 4) is 0 Å². The van der Waals surface area contributed by atoms with Crippen LogP contribution in [0.5, 0.6) is 0 Å². The van der Waals surface area contributed by atoms with Gasteiger partial charge in [0.2, 0.25) is 6.23 Å². The molecule has 0 radical (unpaired) electrons. The maximum absolute atomic E-state index is 12.4. The lowest BCUT2D eigenvalue weighted by Gasteiger charge is -2.35. The van der Waals surface area contributed by atoms with Crippen LogP contribution in [0.2, 0.25) is 0 Å².